The van der Waals surface area contributed by atoms with Crippen LogP contribution < -0.4 is 14.8 Å². The van der Waals surface area contributed by atoms with Gasteiger partial charge in [0.15, 0.2) is 11.5 Å². The van der Waals surface area contributed by atoms with Crippen molar-refractivity contribution in [2.45, 2.75) is 32.2 Å². The molecule has 0 radical (unpaired) electrons. The summed E-state index contributed by atoms with van der Waals surface area (Å²) < 4.78 is 10.8. The molecule has 1 aromatic heterocycles. The molecule has 146 valence electrons. The molecule has 0 bridgehead atoms. The van der Waals surface area contributed by atoms with Crippen LogP contribution in [0.5, 0.6) is 11.5 Å². The van der Waals surface area contributed by atoms with Crippen LogP contribution in [0.4, 0.5) is 0 Å². The SMILES string of the molecule is CCC(CNC(=O)c1csc(-c2cccc(OC)c2OC)n1)N1CCCC1. The highest BCUT2D eigenvalue weighted by Crippen LogP contribution is 2.38. The maximum Gasteiger partial charge on any atom is 0.270 e. The molecule has 6 nitrogen and oxygen atoms in total. The Morgan fingerprint density at radius 1 is 1.30 bits per heavy atom. The normalized spacial score (nSPS) is 15.5. The largest absolute Gasteiger partial charge is 0.493 e. The number of nitrogens with one attached hydrogen (secondary N) is 1. The van der Waals surface area contributed by atoms with Crippen LogP contribution in [0, 0.1) is 0 Å². The summed E-state index contributed by atoms with van der Waals surface area (Å²) in [5, 5.41) is 5.58. The molecule has 1 aliphatic rings. The Labute approximate surface area is 164 Å². The number of carbonyl (C=O) groups excluding carboxylic acids is 1. The van der Waals surface area contributed by atoms with Crippen molar-refractivity contribution in [3.05, 3.63) is 29.3 Å². The van der Waals surface area contributed by atoms with E-state index in [4.69, 9.17) is 9.47 Å². The van der Waals surface area contributed by atoms with Crippen molar-refractivity contribution in [2.75, 3.05) is 33.9 Å². The van der Waals surface area contributed by atoms with Crippen LogP contribution in [0.25, 0.3) is 10.6 Å². The number of nitrogens with zero attached hydrogens (tertiary/aromatic N) is 2. The topological polar surface area (TPSA) is 63.7 Å². The van der Waals surface area contributed by atoms with Crippen LogP contribution in [0.2, 0.25) is 0 Å². The van der Waals surface area contributed by atoms with Crippen molar-refractivity contribution < 1.29 is 14.3 Å². The lowest BCUT2D eigenvalue weighted by Crippen LogP contribution is -2.42. The number of hydrogen-bond donors (Lipinski definition) is 1. The van der Waals surface area contributed by atoms with E-state index in [9.17, 15) is 4.79 Å². The Morgan fingerprint density at radius 2 is 2.07 bits per heavy atom. The van der Waals surface area contributed by atoms with Crippen molar-refractivity contribution in [3.63, 3.8) is 0 Å². The van der Waals surface area contributed by atoms with Gasteiger partial charge in [-0.25, -0.2) is 4.98 Å². The summed E-state index contributed by atoms with van der Waals surface area (Å²) in [4.78, 5) is 19.5. The van der Waals surface area contributed by atoms with Gasteiger partial charge in [-0.15, -0.1) is 11.3 Å². The second-order valence-electron chi connectivity index (χ2n) is 6.59. The fraction of sp³-hybridized carbons (Fsp3) is 0.500. The molecule has 1 atom stereocenters. The third kappa shape index (κ3) is 4.42. The summed E-state index contributed by atoms with van der Waals surface area (Å²) in [6, 6.07) is 6.04. The number of thiazole rings is 1. The monoisotopic (exact) mass is 389 g/mol. The van der Waals surface area contributed by atoms with E-state index in [0.29, 0.717) is 29.8 Å². The third-order valence-corrected chi connectivity index (χ3v) is 5.87. The first-order valence-electron chi connectivity index (χ1n) is 9.37. The lowest BCUT2D eigenvalue weighted by atomic mass is 10.2. The maximum absolute atomic E-state index is 12.6. The number of aromatic nitrogens is 1. The van der Waals surface area contributed by atoms with Gasteiger partial charge in [-0.1, -0.05) is 13.0 Å². The number of benzene rings is 1. The van der Waals surface area contributed by atoms with E-state index < -0.39 is 0 Å². The van der Waals surface area contributed by atoms with Crippen LogP contribution in [-0.4, -0.2) is 55.7 Å². The van der Waals surface area contributed by atoms with Crippen LogP contribution in [0.15, 0.2) is 23.6 Å². The van der Waals surface area contributed by atoms with Gasteiger partial charge in [0.2, 0.25) is 0 Å². The van der Waals surface area contributed by atoms with Gasteiger partial charge >= 0.3 is 0 Å². The number of amides is 1. The Bertz CT molecular complexity index is 772. The molecule has 7 heteroatoms. The summed E-state index contributed by atoms with van der Waals surface area (Å²) >= 11 is 1.43. The fourth-order valence-corrected chi connectivity index (χ4v) is 4.32. The van der Waals surface area contributed by atoms with E-state index in [0.717, 1.165) is 30.1 Å². The Kier molecular flexibility index (Phi) is 6.68. The lowest BCUT2D eigenvalue weighted by molar-refractivity contribution is 0.0933. The minimum absolute atomic E-state index is 0.128. The molecule has 1 amide bonds. The van der Waals surface area contributed by atoms with E-state index >= 15 is 0 Å². The molecule has 3 rings (SSSR count). The summed E-state index contributed by atoms with van der Waals surface area (Å²) in [5.74, 6) is 1.14. The Balaban J connectivity index is 1.69. The Morgan fingerprint density at radius 3 is 2.74 bits per heavy atom. The molecule has 0 aliphatic carbocycles. The highest BCUT2D eigenvalue weighted by Gasteiger charge is 2.22. The summed E-state index contributed by atoms with van der Waals surface area (Å²) in [6.45, 7) is 5.09. The zero-order chi connectivity index (χ0) is 19.2. The summed E-state index contributed by atoms with van der Waals surface area (Å²) in [5.41, 5.74) is 1.26. The number of para-hydroxylation sites is 1. The van der Waals surface area contributed by atoms with Crippen molar-refractivity contribution in [1.29, 1.82) is 0 Å². The quantitative estimate of drug-likeness (QED) is 0.749. The number of ether oxygens (including phenoxy) is 2. The first-order chi connectivity index (χ1) is 13.2. The second-order valence-corrected chi connectivity index (χ2v) is 7.45. The van der Waals surface area contributed by atoms with E-state index in [1.54, 1.807) is 19.6 Å². The molecule has 2 aromatic rings. The third-order valence-electron chi connectivity index (χ3n) is 5.00. The zero-order valence-electron chi connectivity index (χ0n) is 16.2. The molecule has 1 unspecified atom stereocenters. The van der Waals surface area contributed by atoms with E-state index in [1.807, 2.05) is 18.2 Å². The molecule has 1 aliphatic heterocycles. The number of rotatable bonds is 8. The van der Waals surface area contributed by atoms with Gasteiger partial charge in [-0.2, -0.15) is 0 Å². The molecular formula is C20H27N3O3S. The van der Waals surface area contributed by atoms with Crippen LogP contribution in [0.3, 0.4) is 0 Å². The predicted molar refractivity (Wildman–Crippen MR) is 108 cm³/mol. The van der Waals surface area contributed by atoms with Crippen molar-refractivity contribution in [2.24, 2.45) is 0 Å². The molecule has 1 saturated heterocycles. The van der Waals surface area contributed by atoms with Crippen molar-refractivity contribution in [1.82, 2.24) is 15.2 Å². The fourth-order valence-electron chi connectivity index (χ4n) is 3.50. The van der Waals surface area contributed by atoms with Gasteiger partial charge in [0.1, 0.15) is 10.7 Å². The first kappa shape index (κ1) is 19.6. The van der Waals surface area contributed by atoms with Gasteiger partial charge in [-0.3, -0.25) is 9.69 Å². The zero-order valence-corrected chi connectivity index (χ0v) is 17.0. The average Bonchev–Trinajstić information content (AvgIpc) is 3.40. The smallest absolute Gasteiger partial charge is 0.270 e. The van der Waals surface area contributed by atoms with Crippen LogP contribution in [0.1, 0.15) is 36.7 Å². The summed E-state index contributed by atoms with van der Waals surface area (Å²) in [6.07, 6.45) is 3.54. The minimum atomic E-state index is -0.128. The molecule has 1 aromatic carbocycles. The average molecular weight is 390 g/mol. The molecule has 1 fully saturated rings. The lowest BCUT2D eigenvalue weighted by Gasteiger charge is -2.26. The maximum atomic E-state index is 12.6. The molecular weight excluding hydrogens is 362 g/mol. The van der Waals surface area contributed by atoms with Crippen molar-refractivity contribution in [3.8, 4) is 22.1 Å². The van der Waals surface area contributed by atoms with Gasteiger partial charge in [0.25, 0.3) is 5.91 Å². The van der Waals surface area contributed by atoms with Crippen molar-refractivity contribution >= 4 is 17.2 Å². The van der Waals surface area contributed by atoms with E-state index in [-0.39, 0.29) is 5.91 Å². The first-order valence-corrected chi connectivity index (χ1v) is 10.2. The number of hydrogen-bond acceptors (Lipinski definition) is 6. The van der Waals surface area contributed by atoms with Gasteiger partial charge in [0.05, 0.1) is 19.8 Å². The van der Waals surface area contributed by atoms with E-state index in [1.165, 1.54) is 24.2 Å². The number of carbonyl (C=O) groups is 1. The molecule has 1 N–H and O–H groups in total. The van der Waals surface area contributed by atoms with Gasteiger partial charge in [-0.05, 0) is 44.5 Å². The standard InChI is InChI=1S/C20H27N3O3S/c1-4-14(23-10-5-6-11-23)12-21-19(24)16-13-27-20(22-16)15-8-7-9-17(25-2)18(15)26-3/h7-9,13-14H,4-6,10-12H2,1-3H3,(H,21,24). The molecule has 27 heavy (non-hydrogen) atoms. The predicted octanol–water partition coefficient (Wildman–Crippen LogP) is 3.43. The number of methoxy groups -OCH3 is 2. The second kappa shape index (κ2) is 9.19. The highest BCUT2D eigenvalue weighted by molar-refractivity contribution is 7.13. The molecule has 0 saturated carbocycles. The highest BCUT2D eigenvalue weighted by atomic mass is 32.1. The Hall–Kier alpha value is -2.12. The molecule has 2 heterocycles. The van der Waals surface area contributed by atoms with Gasteiger partial charge < -0.3 is 14.8 Å². The number of likely N-dealkylation sites (tertiary alicyclic amines) is 1. The summed E-state index contributed by atoms with van der Waals surface area (Å²) in [7, 11) is 3.21. The van der Waals surface area contributed by atoms with Crippen LogP contribution >= 0.6 is 11.3 Å². The van der Waals surface area contributed by atoms with Gasteiger partial charge in [0, 0.05) is 18.0 Å². The van der Waals surface area contributed by atoms with Crippen LogP contribution in [-0.2, 0) is 0 Å². The minimum Gasteiger partial charge on any atom is -0.493 e. The van der Waals surface area contributed by atoms with E-state index in [2.05, 4.69) is 22.1 Å². The molecule has 0 spiro atoms.